The van der Waals surface area contributed by atoms with Gasteiger partial charge in [-0.1, -0.05) is 72.1 Å². The maximum atomic E-state index is 12.1. The van der Waals surface area contributed by atoms with Gasteiger partial charge in [0.15, 0.2) is 0 Å². The molecule has 4 rings (SSSR count). The molecule has 4 aliphatic rings. The van der Waals surface area contributed by atoms with E-state index in [1.54, 1.807) is 0 Å². The maximum absolute atomic E-state index is 12.1. The fourth-order valence-electron chi connectivity index (χ4n) is 8.27. The number of hydrogen-bond acceptors (Lipinski definition) is 3. The molecule has 0 radical (unpaired) electrons. The summed E-state index contributed by atoms with van der Waals surface area (Å²) in [4.78, 5) is 22.8. The van der Waals surface area contributed by atoms with E-state index in [-0.39, 0.29) is 18.3 Å². The van der Waals surface area contributed by atoms with E-state index >= 15 is 0 Å². The minimum absolute atomic E-state index is 0.0221. The lowest BCUT2D eigenvalue weighted by Gasteiger charge is -2.55. The fraction of sp³-hybridized carbons (Fsp3) is 0.742. The number of fused-ring (bicyclic) bond motifs is 5. The van der Waals surface area contributed by atoms with Crippen LogP contribution in [0.1, 0.15) is 92.4 Å². The van der Waals surface area contributed by atoms with Gasteiger partial charge in [0.1, 0.15) is 6.10 Å². The minimum atomic E-state index is -0.975. The molecule has 2 fully saturated rings. The van der Waals surface area contributed by atoms with Crippen LogP contribution in [0.25, 0.3) is 0 Å². The molecule has 0 aromatic rings. The molecule has 0 aromatic heterocycles. The van der Waals surface area contributed by atoms with Crippen LogP contribution in [0.3, 0.4) is 0 Å². The molecule has 0 bridgehead atoms. The zero-order valence-corrected chi connectivity index (χ0v) is 22.5. The van der Waals surface area contributed by atoms with Gasteiger partial charge in [0.05, 0.1) is 12.8 Å². The number of carbonyl (C=O) groups excluding carboxylic acids is 1. The van der Waals surface area contributed by atoms with Crippen LogP contribution in [0.2, 0.25) is 0 Å². The third-order valence-electron chi connectivity index (χ3n) is 10.2. The molecular formula is C31H46O4. The van der Waals surface area contributed by atoms with Crippen LogP contribution in [-0.2, 0) is 14.3 Å². The van der Waals surface area contributed by atoms with Crippen molar-refractivity contribution in [3.63, 3.8) is 0 Å². The van der Waals surface area contributed by atoms with Crippen LogP contribution in [0, 0.1) is 46.3 Å². The molecule has 0 aliphatic heterocycles. The second-order valence-corrected chi connectivity index (χ2v) is 12.8. The van der Waals surface area contributed by atoms with Gasteiger partial charge in [-0.2, -0.15) is 0 Å². The standard InChI is InChI=1S/C31H46O4/c1-20(2)7-6-8-21(3)25-11-12-26-24-10-9-22-19-23(35-29(34)14-13-28(32)33)15-17-30(22,4)27(24)16-18-31(25,26)5/h9-10,15,17,19-21,23-27H,6-8,11-14,16,18H2,1-5H3,(H,32,33)/t21-,23+,24+,25-,26+,27+,30+,31-/m1/s1. The number of hydrogen-bond donors (Lipinski definition) is 1. The van der Waals surface area contributed by atoms with E-state index in [9.17, 15) is 9.59 Å². The Morgan fingerprint density at radius 3 is 2.54 bits per heavy atom. The molecule has 0 unspecified atom stereocenters. The van der Waals surface area contributed by atoms with E-state index < -0.39 is 18.0 Å². The number of esters is 1. The largest absolute Gasteiger partial charge is 0.481 e. The quantitative estimate of drug-likeness (QED) is 0.275. The zero-order valence-electron chi connectivity index (χ0n) is 22.5. The maximum Gasteiger partial charge on any atom is 0.307 e. The number of allylic oxidation sites excluding steroid dienone is 4. The predicted octanol–water partition coefficient (Wildman–Crippen LogP) is 7.36. The first-order valence-electron chi connectivity index (χ1n) is 14.1. The first-order valence-corrected chi connectivity index (χ1v) is 14.1. The number of rotatable bonds is 9. The van der Waals surface area contributed by atoms with Gasteiger partial charge in [0.2, 0.25) is 0 Å². The number of ether oxygens (including phenoxy) is 1. The SMILES string of the molecule is CC(C)CCC[C@@H](C)[C@H]1CC[C@H]2[C@@H]3C=CC4=C[C@@H](OC(=O)CCC(=O)O)C=C[C@]4(C)[C@H]3CC[C@]12C. The van der Waals surface area contributed by atoms with Gasteiger partial charge < -0.3 is 9.84 Å². The van der Waals surface area contributed by atoms with Gasteiger partial charge in [0.25, 0.3) is 0 Å². The van der Waals surface area contributed by atoms with Crippen LogP contribution >= 0.6 is 0 Å². The molecule has 8 atom stereocenters. The van der Waals surface area contributed by atoms with Gasteiger partial charge >= 0.3 is 11.9 Å². The van der Waals surface area contributed by atoms with Gasteiger partial charge in [-0.15, -0.1) is 0 Å². The molecule has 0 heterocycles. The Kier molecular flexibility index (Phi) is 7.69. The Hall–Kier alpha value is -1.84. The lowest BCUT2D eigenvalue weighted by Crippen LogP contribution is -2.48. The van der Waals surface area contributed by atoms with Crippen molar-refractivity contribution in [2.75, 3.05) is 0 Å². The number of aliphatic carboxylic acids is 1. The highest BCUT2D eigenvalue weighted by Crippen LogP contribution is 2.65. The molecular weight excluding hydrogens is 436 g/mol. The Labute approximate surface area is 212 Å². The average Bonchev–Trinajstić information content (AvgIpc) is 3.15. The number of carboxylic acid groups (broad SMARTS) is 1. The summed E-state index contributed by atoms with van der Waals surface area (Å²) in [6.45, 7) is 12.2. The first-order chi connectivity index (χ1) is 16.5. The van der Waals surface area contributed by atoms with Gasteiger partial charge in [-0.3, -0.25) is 9.59 Å². The van der Waals surface area contributed by atoms with Crippen molar-refractivity contribution in [3.05, 3.63) is 36.0 Å². The monoisotopic (exact) mass is 482 g/mol. The van der Waals surface area contributed by atoms with E-state index in [0.29, 0.717) is 17.3 Å². The van der Waals surface area contributed by atoms with Crippen molar-refractivity contribution in [2.24, 2.45) is 46.3 Å². The third kappa shape index (κ3) is 5.18. The van der Waals surface area contributed by atoms with Crippen LogP contribution in [0.4, 0.5) is 0 Å². The van der Waals surface area contributed by atoms with Crippen LogP contribution < -0.4 is 0 Å². The highest BCUT2D eigenvalue weighted by molar-refractivity contribution is 5.76. The molecule has 4 aliphatic carbocycles. The molecule has 35 heavy (non-hydrogen) atoms. The summed E-state index contributed by atoms with van der Waals surface area (Å²) >= 11 is 0. The van der Waals surface area contributed by atoms with Crippen molar-refractivity contribution in [3.8, 4) is 0 Å². The van der Waals surface area contributed by atoms with E-state index in [0.717, 1.165) is 23.7 Å². The molecule has 2 saturated carbocycles. The Morgan fingerprint density at radius 1 is 1.06 bits per heavy atom. The molecule has 4 nitrogen and oxygen atoms in total. The molecule has 194 valence electrons. The number of carbonyl (C=O) groups is 2. The summed E-state index contributed by atoms with van der Waals surface area (Å²) in [6, 6.07) is 0. The van der Waals surface area contributed by atoms with E-state index in [2.05, 4.69) is 58.9 Å². The topological polar surface area (TPSA) is 63.6 Å². The van der Waals surface area contributed by atoms with Crippen molar-refractivity contribution in [1.29, 1.82) is 0 Å². The molecule has 0 spiro atoms. The van der Waals surface area contributed by atoms with Gasteiger partial charge in [0, 0.05) is 5.41 Å². The second-order valence-electron chi connectivity index (χ2n) is 12.8. The summed E-state index contributed by atoms with van der Waals surface area (Å²) in [5.74, 6) is 2.99. The lowest BCUT2D eigenvalue weighted by atomic mass is 9.49. The molecule has 1 N–H and O–H groups in total. The fourth-order valence-corrected chi connectivity index (χ4v) is 8.27. The summed E-state index contributed by atoms with van der Waals surface area (Å²) < 4.78 is 5.55. The first kappa shape index (κ1) is 26.2. The van der Waals surface area contributed by atoms with Gasteiger partial charge in [-0.05, 0) is 84.3 Å². The minimum Gasteiger partial charge on any atom is -0.481 e. The lowest BCUT2D eigenvalue weighted by molar-refractivity contribution is -0.148. The predicted molar refractivity (Wildman–Crippen MR) is 140 cm³/mol. The van der Waals surface area contributed by atoms with Crippen molar-refractivity contribution >= 4 is 11.9 Å². The Balaban J connectivity index is 1.45. The summed E-state index contributed by atoms with van der Waals surface area (Å²) in [7, 11) is 0. The summed E-state index contributed by atoms with van der Waals surface area (Å²) in [5.41, 5.74) is 1.67. The third-order valence-corrected chi connectivity index (χ3v) is 10.2. The molecule has 4 heteroatoms. The smallest absolute Gasteiger partial charge is 0.307 e. The Morgan fingerprint density at radius 2 is 1.83 bits per heavy atom. The van der Waals surface area contributed by atoms with Gasteiger partial charge in [-0.25, -0.2) is 0 Å². The van der Waals surface area contributed by atoms with Crippen molar-refractivity contribution in [1.82, 2.24) is 0 Å². The normalized spacial score (nSPS) is 38.3. The zero-order chi connectivity index (χ0) is 25.4. The van der Waals surface area contributed by atoms with Crippen molar-refractivity contribution < 1.29 is 19.4 Å². The molecule has 0 amide bonds. The van der Waals surface area contributed by atoms with Crippen LogP contribution in [0.15, 0.2) is 36.0 Å². The van der Waals surface area contributed by atoms with E-state index in [4.69, 9.17) is 9.84 Å². The summed E-state index contributed by atoms with van der Waals surface area (Å²) in [5, 5.41) is 8.81. The van der Waals surface area contributed by atoms with Crippen molar-refractivity contribution in [2.45, 2.75) is 98.5 Å². The summed E-state index contributed by atoms with van der Waals surface area (Å²) in [6.07, 6.45) is 19.8. The highest BCUT2D eigenvalue weighted by Gasteiger charge is 2.58. The molecule has 0 aromatic carbocycles. The second kappa shape index (κ2) is 10.3. The van der Waals surface area contributed by atoms with Crippen LogP contribution in [0.5, 0.6) is 0 Å². The van der Waals surface area contributed by atoms with E-state index in [1.807, 2.05) is 6.08 Å². The number of carboxylic acids is 1. The van der Waals surface area contributed by atoms with Crippen LogP contribution in [-0.4, -0.2) is 23.1 Å². The van der Waals surface area contributed by atoms with E-state index in [1.165, 1.54) is 50.5 Å². The molecule has 0 saturated heterocycles. The highest BCUT2D eigenvalue weighted by atomic mass is 16.5. The average molecular weight is 483 g/mol. The Bertz CT molecular complexity index is 898.